The minimum Gasteiger partial charge on any atom is 0 e. The number of rotatable bonds is 0. The first-order chi connectivity index (χ1) is 0. The minimum absolute atomic E-state index is 0. The average molecular weight is 788 g/mol. The number of hydrogen-bond acceptors (Lipinski definition) is 0. The van der Waals surface area contributed by atoms with Crippen molar-refractivity contribution in [3.05, 3.63) is 0 Å². The van der Waals surface area contributed by atoms with E-state index >= 15 is 0 Å². The van der Waals surface area contributed by atoms with Gasteiger partial charge in [-0.05, 0) is 0 Å². The molecule has 5 heteroatoms. The quantitative estimate of drug-likeness (QED) is 0.304. The summed E-state index contributed by atoms with van der Waals surface area (Å²) in [6, 6.07) is 0. The van der Waals surface area contributed by atoms with Crippen LogP contribution < -0.4 is 0 Å². The summed E-state index contributed by atoms with van der Waals surface area (Å²) in [6.45, 7) is 0. The summed E-state index contributed by atoms with van der Waals surface area (Å²) in [5, 5.41) is 0. The van der Waals surface area contributed by atoms with E-state index in [1.807, 2.05) is 0 Å². The van der Waals surface area contributed by atoms with Gasteiger partial charge in [-0.15, -0.1) is 0 Å². The molecule has 0 aromatic rings. The summed E-state index contributed by atoms with van der Waals surface area (Å²) in [5.41, 5.74) is 0. The van der Waals surface area contributed by atoms with Crippen molar-refractivity contribution in [2.75, 3.05) is 0 Å². The maximum atomic E-state index is 0. The van der Waals surface area contributed by atoms with Gasteiger partial charge in [0.2, 0.25) is 0 Å². The molecule has 0 atom stereocenters. The molecule has 0 bridgehead atoms. The predicted molar refractivity (Wildman–Crippen MR) is 0 cm³/mol. The third-order valence-electron chi connectivity index (χ3n) is 0. The Balaban J connectivity index is 0. The van der Waals surface area contributed by atoms with Crippen LogP contribution in [0.1, 0.15) is 0 Å². The second-order valence-electron chi connectivity index (χ2n) is 0. The van der Waals surface area contributed by atoms with Crippen LogP contribution in [0.25, 0.3) is 0 Å². The molecule has 0 aliphatic carbocycles. The molecule has 0 saturated carbocycles. The summed E-state index contributed by atoms with van der Waals surface area (Å²) >= 11 is 0. The third-order valence-corrected chi connectivity index (χ3v) is 0. The Kier molecular flexibility index (Phi) is 218. The molecule has 3 radical (unpaired) electrons. The molecule has 0 nitrogen and oxygen atoms in total. The van der Waals surface area contributed by atoms with E-state index in [4.69, 9.17) is 0 Å². The molecular weight excluding hydrogens is 788 g/mol. The van der Waals surface area contributed by atoms with Gasteiger partial charge in [0.15, 0.2) is 0 Å². The standard InChI is InChI=1S/Ir.2Pt.2Rh. The number of hydrogen-bond donors (Lipinski definition) is 0. The van der Waals surface area contributed by atoms with E-state index in [-0.39, 0.29) is 101 Å². The molecule has 47 valence electrons. The van der Waals surface area contributed by atoms with Crippen LogP contribution in [0, 0.1) is 0 Å². The molecule has 0 heterocycles. The van der Waals surface area contributed by atoms with Crippen molar-refractivity contribution >= 4 is 0 Å². The Bertz CT molecular complexity index is 7.61. The van der Waals surface area contributed by atoms with Gasteiger partial charge in [0.25, 0.3) is 0 Å². The Morgan fingerprint density at radius 3 is 0.600 bits per heavy atom. The van der Waals surface area contributed by atoms with Crippen LogP contribution in [0.2, 0.25) is 0 Å². The molecule has 0 aliphatic rings. The summed E-state index contributed by atoms with van der Waals surface area (Å²) in [4.78, 5) is 0. The smallest absolute Gasteiger partial charge is 0 e. The fraction of sp³-hybridized carbons (Fsp3) is 0. The predicted octanol–water partition coefficient (Wildman–Crippen LogP) is -0.0125. The monoisotopic (exact) mass is 789 g/mol. The van der Waals surface area contributed by atoms with E-state index in [0.717, 1.165) is 0 Å². The zero-order valence-corrected chi connectivity index (χ0v) is 11.8. The molecule has 0 saturated heterocycles. The van der Waals surface area contributed by atoms with Gasteiger partial charge in [-0.25, -0.2) is 0 Å². The largest absolute Gasteiger partial charge is 0 e. The molecule has 0 unspecified atom stereocenters. The summed E-state index contributed by atoms with van der Waals surface area (Å²) in [5.74, 6) is 0. The van der Waals surface area contributed by atoms with Crippen LogP contribution in [0.4, 0.5) is 0 Å². The van der Waals surface area contributed by atoms with Crippen LogP contribution in [0.5, 0.6) is 0 Å². The fourth-order valence-corrected chi connectivity index (χ4v) is 0. The van der Waals surface area contributed by atoms with E-state index in [2.05, 4.69) is 0 Å². The Morgan fingerprint density at radius 1 is 0.600 bits per heavy atom. The second kappa shape index (κ2) is 26.7. The van der Waals surface area contributed by atoms with E-state index < -0.39 is 0 Å². The molecule has 0 N–H and O–H groups in total. The van der Waals surface area contributed by atoms with Gasteiger partial charge in [-0.2, -0.15) is 0 Å². The Morgan fingerprint density at radius 2 is 0.600 bits per heavy atom. The van der Waals surface area contributed by atoms with Gasteiger partial charge in [-0.3, -0.25) is 0 Å². The van der Waals surface area contributed by atoms with E-state index in [0.29, 0.717) is 0 Å². The maximum absolute atomic E-state index is 0. The van der Waals surface area contributed by atoms with Crippen LogP contribution >= 0.6 is 0 Å². The van der Waals surface area contributed by atoms with Gasteiger partial charge in [0.1, 0.15) is 0 Å². The molecular formula is IrPt2Rh2. The first-order valence-corrected chi connectivity index (χ1v) is 0. The molecule has 0 rings (SSSR count). The van der Waals surface area contributed by atoms with Crippen LogP contribution in [0.3, 0.4) is 0 Å². The van der Waals surface area contributed by atoms with E-state index in [9.17, 15) is 0 Å². The first-order valence-electron chi connectivity index (χ1n) is 0. The summed E-state index contributed by atoms with van der Waals surface area (Å²) in [6.07, 6.45) is 0. The van der Waals surface area contributed by atoms with Crippen molar-refractivity contribution in [1.82, 2.24) is 0 Å². The zero-order chi connectivity index (χ0) is 0. The van der Waals surface area contributed by atoms with Crippen molar-refractivity contribution in [2.24, 2.45) is 0 Å². The van der Waals surface area contributed by atoms with Gasteiger partial charge in [-0.1, -0.05) is 0 Å². The van der Waals surface area contributed by atoms with Gasteiger partial charge >= 0.3 is 0 Å². The van der Waals surface area contributed by atoms with Crippen molar-refractivity contribution in [3.63, 3.8) is 0 Å². The summed E-state index contributed by atoms with van der Waals surface area (Å²) < 4.78 is 0. The first kappa shape index (κ1) is 40.9. The van der Waals surface area contributed by atoms with E-state index in [1.165, 1.54) is 0 Å². The van der Waals surface area contributed by atoms with Crippen LogP contribution in [-0.4, -0.2) is 0 Å². The van der Waals surface area contributed by atoms with Gasteiger partial charge < -0.3 is 0 Å². The molecule has 0 amide bonds. The van der Waals surface area contributed by atoms with Crippen molar-refractivity contribution < 1.29 is 101 Å². The second-order valence-corrected chi connectivity index (χ2v) is 0. The van der Waals surface area contributed by atoms with Gasteiger partial charge in [0, 0.05) is 101 Å². The Labute approximate surface area is 99.4 Å². The third kappa shape index (κ3) is 18.9. The van der Waals surface area contributed by atoms with Crippen molar-refractivity contribution in [1.29, 1.82) is 0 Å². The van der Waals surface area contributed by atoms with E-state index in [1.54, 1.807) is 0 Å². The van der Waals surface area contributed by atoms with Crippen molar-refractivity contribution in [2.45, 2.75) is 0 Å². The zero-order valence-electron chi connectivity index (χ0n) is 1.63. The molecule has 0 aromatic carbocycles. The molecule has 0 fully saturated rings. The maximum Gasteiger partial charge on any atom is 0 e. The molecule has 0 aromatic heterocycles. The topological polar surface area (TPSA) is 0 Å². The normalized spacial score (nSPS) is 0. The van der Waals surface area contributed by atoms with Crippen molar-refractivity contribution in [3.8, 4) is 0 Å². The van der Waals surface area contributed by atoms with Gasteiger partial charge in [0.05, 0.1) is 0 Å². The Hall–Kier alpha value is 3.27. The fourth-order valence-electron chi connectivity index (χ4n) is 0. The molecule has 0 aliphatic heterocycles. The minimum atomic E-state index is 0. The van der Waals surface area contributed by atoms with Crippen LogP contribution in [0.15, 0.2) is 0 Å². The average Bonchev–Trinajstić information content (AvgIpc) is 0. The summed E-state index contributed by atoms with van der Waals surface area (Å²) in [7, 11) is 0. The molecule has 5 heavy (non-hydrogen) atoms. The molecule has 0 spiro atoms. The SMILES string of the molecule is [Ir].[Pt].[Pt].[Rh].[Rh]. The van der Waals surface area contributed by atoms with Crippen LogP contribution in [-0.2, 0) is 101 Å².